The van der Waals surface area contributed by atoms with Gasteiger partial charge < -0.3 is 15.0 Å². The predicted molar refractivity (Wildman–Crippen MR) is 113 cm³/mol. The van der Waals surface area contributed by atoms with Crippen LogP contribution in [0.25, 0.3) is 10.9 Å². The highest BCUT2D eigenvalue weighted by Crippen LogP contribution is 2.25. The second kappa shape index (κ2) is 9.30. The van der Waals surface area contributed by atoms with Crippen molar-refractivity contribution in [3.05, 3.63) is 62.8 Å². The lowest BCUT2D eigenvalue weighted by Crippen LogP contribution is -2.43. The van der Waals surface area contributed by atoms with Gasteiger partial charge in [0.1, 0.15) is 5.82 Å². The Bertz CT molecular complexity index is 1010. The van der Waals surface area contributed by atoms with Crippen LogP contribution in [0.15, 0.2) is 46.6 Å². The van der Waals surface area contributed by atoms with E-state index in [2.05, 4.69) is 31.6 Å². The molecule has 0 bridgehead atoms. The molecule has 1 amide bonds. The number of nitrogens with one attached hydrogen (secondary N) is 2. The van der Waals surface area contributed by atoms with Crippen molar-refractivity contribution in [1.29, 1.82) is 0 Å². The molecule has 2 aromatic heterocycles. The van der Waals surface area contributed by atoms with Gasteiger partial charge in [0, 0.05) is 37.4 Å². The second-order valence-electron chi connectivity index (χ2n) is 7.01. The van der Waals surface area contributed by atoms with Crippen molar-refractivity contribution in [1.82, 2.24) is 20.2 Å². The Kier molecular flexibility index (Phi) is 6.33. The lowest BCUT2D eigenvalue weighted by molar-refractivity contribution is -0.121. The summed E-state index contributed by atoms with van der Waals surface area (Å²) in [5, 5.41) is 5.68. The van der Waals surface area contributed by atoms with Crippen LogP contribution in [0.2, 0.25) is 0 Å². The second-order valence-corrected chi connectivity index (χ2v) is 7.99. The smallest absolute Gasteiger partial charge is 0.258 e. The third-order valence-electron chi connectivity index (χ3n) is 5.10. The van der Waals surface area contributed by atoms with Gasteiger partial charge in [0.25, 0.3) is 5.56 Å². The van der Waals surface area contributed by atoms with E-state index in [4.69, 9.17) is 4.74 Å². The number of benzene rings is 1. The van der Waals surface area contributed by atoms with Gasteiger partial charge in [-0.2, -0.15) is 0 Å². The van der Waals surface area contributed by atoms with E-state index in [9.17, 15) is 9.59 Å². The number of ether oxygens (including phenoxy) is 1. The summed E-state index contributed by atoms with van der Waals surface area (Å²) >= 11 is 1.71. The molecule has 7 nitrogen and oxygen atoms in total. The van der Waals surface area contributed by atoms with Gasteiger partial charge in [-0.05, 0) is 23.6 Å². The van der Waals surface area contributed by atoms with Gasteiger partial charge in [-0.25, -0.2) is 4.98 Å². The summed E-state index contributed by atoms with van der Waals surface area (Å²) in [6.45, 7) is 3.72. The third kappa shape index (κ3) is 4.90. The first-order valence-corrected chi connectivity index (χ1v) is 10.7. The summed E-state index contributed by atoms with van der Waals surface area (Å²) < 4.78 is 5.46. The Morgan fingerprint density at radius 1 is 1.24 bits per heavy atom. The molecule has 0 radical (unpaired) electrons. The first-order chi connectivity index (χ1) is 14.2. The number of amides is 1. The van der Waals surface area contributed by atoms with Crippen molar-refractivity contribution < 1.29 is 9.53 Å². The molecule has 0 saturated carbocycles. The molecule has 8 heteroatoms. The average Bonchev–Trinajstić information content (AvgIpc) is 3.28. The largest absolute Gasteiger partial charge is 0.379 e. The van der Waals surface area contributed by atoms with Crippen LogP contribution in [-0.4, -0.2) is 53.6 Å². The fraction of sp³-hybridized carbons (Fsp3) is 0.381. The lowest BCUT2D eigenvalue weighted by atomic mass is 10.1. The topological polar surface area (TPSA) is 87.3 Å². The van der Waals surface area contributed by atoms with Crippen molar-refractivity contribution in [3.8, 4) is 0 Å². The fourth-order valence-corrected chi connectivity index (χ4v) is 4.42. The Hall–Kier alpha value is -2.55. The number of carbonyl (C=O) groups excluding carboxylic acids is 1. The summed E-state index contributed by atoms with van der Waals surface area (Å²) in [7, 11) is 0. The molecule has 152 valence electrons. The highest BCUT2D eigenvalue weighted by atomic mass is 32.1. The van der Waals surface area contributed by atoms with Gasteiger partial charge in [-0.15, -0.1) is 11.3 Å². The van der Waals surface area contributed by atoms with Gasteiger partial charge in [-0.1, -0.05) is 18.2 Å². The normalized spacial score (nSPS) is 16.0. The molecule has 4 rings (SSSR count). The maximum Gasteiger partial charge on any atom is 0.258 e. The van der Waals surface area contributed by atoms with Crippen molar-refractivity contribution in [2.24, 2.45) is 0 Å². The van der Waals surface area contributed by atoms with Crippen LogP contribution in [-0.2, 0) is 16.0 Å². The minimum Gasteiger partial charge on any atom is -0.379 e. The van der Waals surface area contributed by atoms with Crippen molar-refractivity contribution in [3.63, 3.8) is 0 Å². The van der Waals surface area contributed by atoms with E-state index in [1.807, 2.05) is 24.3 Å². The molecule has 3 heterocycles. The van der Waals surface area contributed by atoms with Crippen LogP contribution >= 0.6 is 11.3 Å². The van der Waals surface area contributed by atoms with Crippen LogP contribution in [0.4, 0.5) is 0 Å². The van der Waals surface area contributed by atoms with Gasteiger partial charge >= 0.3 is 0 Å². The van der Waals surface area contributed by atoms with Crippen LogP contribution in [0.5, 0.6) is 0 Å². The van der Waals surface area contributed by atoms with Crippen molar-refractivity contribution in [2.45, 2.75) is 18.9 Å². The molecular formula is C21H24N4O3S. The zero-order valence-corrected chi connectivity index (χ0v) is 16.9. The van der Waals surface area contributed by atoms with Crippen LogP contribution < -0.4 is 10.9 Å². The van der Waals surface area contributed by atoms with E-state index < -0.39 is 0 Å². The number of aromatic amines is 1. The van der Waals surface area contributed by atoms with Gasteiger partial charge in [0.2, 0.25) is 5.91 Å². The molecule has 29 heavy (non-hydrogen) atoms. The summed E-state index contributed by atoms with van der Waals surface area (Å²) in [5.74, 6) is 0.488. The van der Waals surface area contributed by atoms with E-state index in [-0.39, 0.29) is 23.9 Å². The number of thiophene rings is 1. The number of fused-ring (bicyclic) bond motifs is 1. The number of aromatic nitrogens is 2. The van der Waals surface area contributed by atoms with Gasteiger partial charge in [-0.3, -0.25) is 14.5 Å². The third-order valence-corrected chi connectivity index (χ3v) is 6.07. The van der Waals surface area contributed by atoms with Crippen LogP contribution in [0.1, 0.15) is 23.2 Å². The van der Waals surface area contributed by atoms with E-state index in [1.54, 1.807) is 17.4 Å². The SMILES string of the molecule is O=C(CCc1nc2ccccc2c(=O)[nH]1)NCC(c1cccs1)N1CCOCC1. The molecule has 1 aliphatic rings. The molecule has 1 unspecified atom stereocenters. The maximum absolute atomic E-state index is 12.5. The molecule has 0 spiro atoms. The Morgan fingerprint density at radius 2 is 2.07 bits per heavy atom. The minimum absolute atomic E-state index is 0.0457. The Labute approximate surface area is 172 Å². The number of morpholine rings is 1. The number of aryl methyl sites for hydroxylation is 1. The summed E-state index contributed by atoms with van der Waals surface area (Å²) in [6.07, 6.45) is 0.675. The number of para-hydroxylation sites is 1. The lowest BCUT2D eigenvalue weighted by Gasteiger charge is -2.34. The maximum atomic E-state index is 12.5. The van der Waals surface area contributed by atoms with Gasteiger partial charge in [0.15, 0.2) is 0 Å². The summed E-state index contributed by atoms with van der Waals surface area (Å²) in [5.41, 5.74) is 0.479. The quantitative estimate of drug-likeness (QED) is 0.621. The van der Waals surface area contributed by atoms with E-state index >= 15 is 0 Å². The van der Waals surface area contributed by atoms with E-state index in [1.165, 1.54) is 4.88 Å². The van der Waals surface area contributed by atoms with E-state index in [0.717, 1.165) is 26.3 Å². The average molecular weight is 413 g/mol. The molecule has 1 fully saturated rings. The highest BCUT2D eigenvalue weighted by Gasteiger charge is 2.23. The molecule has 2 N–H and O–H groups in total. The Morgan fingerprint density at radius 3 is 2.86 bits per heavy atom. The number of nitrogens with zero attached hydrogens (tertiary/aromatic N) is 2. The van der Waals surface area contributed by atoms with Crippen molar-refractivity contribution >= 4 is 28.1 Å². The van der Waals surface area contributed by atoms with Crippen molar-refractivity contribution in [2.75, 3.05) is 32.8 Å². The highest BCUT2D eigenvalue weighted by molar-refractivity contribution is 7.10. The van der Waals surface area contributed by atoms with Crippen LogP contribution in [0.3, 0.4) is 0 Å². The molecule has 1 aromatic carbocycles. The zero-order valence-electron chi connectivity index (χ0n) is 16.1. The molecule has 3 aromatic rings. The van der Waals surface area contributed by atoms with E-state index in [0.29, 0.717) is 29.7 Å². The molecule has 1 atom stereocenters. The number of hydrogen-bond acceptors (Lipinski definition) is 6. The number of carbonyl (C=O) groups is 1. The van der Waals surface area contributed by atoms with Gasteiger partial charge in [0.05, 0.1) is 30.2 Å². The predicted octanol–water partition coefficient (Wildman–Crippen LogP) is 2.11. The number of hydrogen-bond donors (Lipinski definition) is 2. The zero-order chi connectivity index (χ0) is 20.1. The first kappa shape index (κ1) is 19.8. The standard InChI is InChI=1S/C21H24N4O3S/c26-20(8-7-19-23-16-5-2-1-4-15(16)21(27)24-19)22-14-17(18-6-3-13-29-18)25-9-11-28-12-10-25/h1-6,13,17H,7-12,14H2,(H,22,26)(H,23,24,27). The summed E-state index contributed by atoms with van der Waals surface area (Å²) in [4.78, 5) is 35.4. The number of rotatable bonds is 7. The summed E-state index contributed by atoms with van der Waals surface area (Å²) in [6, 6.07) is 11.5. The fourth-order valence-electron chi connectivity index (χ4n) is 3.56. The molecule has 1 saturated heterocycles. The monoisotopic (exact) mass is 412 g/mol. The first-order valence-electron chi connectivity index (χ1n) is 9.80. The molecule has 0 aliphatic carbocycles. The molecule has 1 aliphatic heterocycles. The Balaban J connectivity index is 1.36. The molecular weight excluding hydrogens is 388 g/mol. The van der Waals surface area contributed by atoms with Crippen LogP contribution in [0, 0.1) is 0 Å². The number of H-pyrrole nitrogens is 1. The minimum atomic E-state index is -0.170.